The molecule has 0 bridgehead atoms. The molecule has 3 heterocycles. The Morgan fingerprint density at radius 1 is 1.19 bits per heavy atom. The van der Waals surface area contributed by atoms with Crippen LogP contribution in [0, 0.1) is 0 Å². The van der Waals surface area contributed by atoms with Gasteiger partial charge in [0.25, 0.3) is 0 Å². The van der Waals surface area contributed by atoms with E-state index in [1.165, 1.54) is 0 Å². The van der Waals surface area contributed by atoms with E-state index in [-0.39, 0.29) is 5.78 Å². The van der Waals surface area contributed by atoms with Crippen molar-refractivity contribution in [3.05, 3.63) is 64.3 Å². The molecule has 0 radical (unpaired) electrons. The maximum Gasteiger partial charge on any atom is 0.229 e. The number of nitrogens with zero attached hydrogens (tertiary/aromatic N) is 1. The van der Waals surface area contributed by atoms with Gasteiger partial charge in [0.1, 0.15) is 5.58 Å². The lowest BCUT2D eigenvalue weighted by atomic mass is 10.1. The van der Waals surface area contributed by atoms with Gasteiger partial charge in [-0.15, -0.1) is 11.3 Å². The molecule has 0 spiro atoms. The first kappa shape index (κ1) is 12.6. The second-order valence-electron chi connectivity index (χ2n) is 4.65. The van der Waals surface area contributed by atoms with Gasteiger partial charge in [0.2, 0.25) is 5.78 Å². The number of thiophene rings is 1. The van der Waals surface area contributed by atoms with E-state index in [1.54, 1.807) is 41.8 Å². The van der Waals surface area contributed by atoms with Crippen LogP contribution in [0.2, 0.25) is 5.02 Å². The Balaban J connectivity index is 1.81. The molecule has 0 atom stereocenters. The number of furan rings is 1. The van der Waals surface area contributed by atoms with E-state index < -0.39 is 0 Å². The van der Waals surface area contributed by atoms with Crippen molar-refractivity contribution in [3.8, 4) is 0 Å². The molecule has 0 saturated carbocycles. The number of benzene rings is 1. The number of carbonyl (C=O) groups excluding carboxylic acids is 1. The zero-order valence-electron chi connectivity index (χ0n) is 10.7. The predicted octanol–water partition coefficient (Wildman–Crippen LogP) is 4.93. The lowest BCUT2D eigenvalue weighted by Gasteiger charge is -1.97. The smallest absolute Gasteiger partial charge is 0.229 e. The number of aromatic nitrogens is 1. The molecule has 21 heavy (non-hydrogen) atoms. The van der Waals surface area contributed by atoms with E-state index in [1.807, 2.05) is 17.5 Å². The third-order valence-electron chi connectivity index (χ3n) is 3.27. The summed E-state index contributed by atoms with van der Waals surface area (Å²) in [4.78, 5) is 16.8. The van der Waals surface area contributed by atoms with Gasteiger partial charge in [-0.2, -0.15) is 0 Å². The SMILES string of the molecule is O=C(c1cnc2ccsc2c1)c1cc2cc(Cl)ccc2o1. The molecule has 102 valence electrons. The Bertz CT molecular complexity index is 986. The molecule has 4 rings (SSSR count). The Morgan fingerprint density at radius 2 is 2.10 bits per heavy atom. The van der Waals surface area contributed by atoms with Crippen molar-refractivity contribution in [1.82, 2.24) is 4.98 Å². The minimum absolute atomic E-state index is 0.176. The topological polar surface area (TPSA) is 43.1 Å². The molecule has 0 aliphatic rings. The predicted molar refractivity (Wildman–Crippen MR) is 84.3 cm³/mol. The van der Waals surface area contributed by atoms with E-state index in [0.717, 1.165) is 15.6 Å². The summed E-state index contributed by atoms with van der Waals surface area (Å²) in [6.07, 6.45) is 1.58. The molecule has 0 aliphatic carbocycles. The quantitative estimate of drug-likeness (QED) is 0.493. The van der Waals surface area contributed by atoms with Crippen molar-refractivity contribution < 1.29 is 9.21 Å². The molecule has 3 nitrogen and oxygen atoms in total. The number of fused-ring (bicyclic) bond motifs is 2. The summed E-state index contributed by atoms with van der Waals surface area (Å²) >= 11 is 7.50. The molecule has 0 aliphatic heterocycles. The van der Waals surface area contributed by atoms with Gasteiger partial charge in [-0.25, -0.2) is 0 Å². The van der Waals surface area contributed by atoms with Crippen LogP contribution in [0.5, 0.6) is 0 Å². The van der Waals surface area contributed by atoms with Gasteiger partial charge in [-0.1, -0.05) is 11.6 Å². The van der Waals surface area contributed by atoms with Gasteiger partial charge in [-0.3, -0.25) is 9.78 Å². The molecular weight excluding hydrogens is 306 g/mol. The summed E-state index contributed by atoms with van der Waals surface area (Å²) in [7, 11) is 0. The van der Waals surface area contributed by atoms with Crippen LogP contribution in [0.1, 0.15) is 16.1 Å². The van der Waals surface area contributed by atoms with Crippen LogP contribution in [-0.2, 0) is 0 Å². The van der Waals surface area contributed by atoms with Crippen LogP contribution >= 0.6 is 22.9 Å². The van der Waals surface area contributed by atoms with E-state index in [2.05, 4.69) is 4.98 Å². The molecule has 0 fully saturated rings. The van der Waals surface area contributed by atoms with Crippen LogP contribution < -0.4 is 0 Å². The average Bonchev–Trinajstić information content (AvgIpc) is 3.11. The van der Waals surface area contributed by atoms with E-state index >= 15 is 0 Å². The normalized spacial score (nSPS) is 11.3. The fourth-order valence-electron chi connectivity index (χ4n) is 2.24. The first-order valence-corrected chi connectivity index (χ1v) is 7.53. The van der Waals surface area contributed by atoms with Gasteiger partial charge in [0, 0.05) is 22.2 Å². The third kappa shape index (κ3) is 2.13. The Morgan fingerprint density at radius 3 is 3.00 bits per heavy atom. The van der Waals surface area contributed by atoms with E-state index in [0.29, 0.717) is 21.9 Å². The number of hydrogen-bond acceptors (Lipinski definition) is 4. The highest BCUT2D eigenvalue weighted by Crippen LogP contribution is 2.26. The van der Waals surface area contributed by atoms with Crippen molar-refractivity contribution >= 4 is 49.9 Å². The van der Waals surface area contributed by atoms with E-state index in [9.17, 15) is 4.79 Å². The summed E-state index contributed by atoms with van der Waals surface area (Å²) < 4.78 is 6.59. The van der Waals surface area contributed by atoms with Crippen molar-refractivity contribution in [2.75, 3.05) is 0 Å². The molecule has 1 aromatic carbocycles. The van der Waals surface area contributed by atoms with Crippen molar-refractivity contribution in [1.29, 1.82) is 0 Å². The largest absolute Gasteiger partial charge is 0.453 e. The maximum atomic E-state index is 12.5. The first-order valence-electron chi connectivity index (χ1n) is 6.28. The summed E-state index contributed by atoms with van der Waals surface area (Å²) in [5, 5.41) is 3.38. The number of carbonyl (C=O) groups is 1. The Hall–Kier alpha value is -2.17. The molecule has 5 heteroatoms. The fraction of sp³-hybridized carbons (Fsp3) is 0. The van der Waals surface area contributed by atoms with Crippen molar-refractivity contribution in [3.63, 3.8) is 0 Å². The third-order valence-corrected chi connectivity index (χ3v) is 4.36. The molecule has 0 amide bonds. The number of halogens is 1. The van der Waals surface area contributed by atoms with Gasteiger partial charge in [-0.05, 0) is 41.8 Å². The summed E-state index contributed by atoms with van der Waals surface area (Å²) in [6, 6.07) is 10.8. The van der Waals surface area contributed by atoms with Gasteiger partial charge in [0.05, 0.1) is 10.2 Å². The summed E-state index contributed by atoms with van der Waals surface area (Å²) in [5.41, 5.74) is 2.07. The zero-order chi connectivity index (χ0) is 14.4. The monoisotopic (exact) mass is 313 g/mol. The highest BCUT2D eigenvalue weighted by atomic mass is 35.5. The standard InChI is InChI=1S/C16H8ClNO2S/c17-11-1-2-13-9(5-11)6-14(20-13)16(19)10-7-15-12(18-8-10)3-4-21-15/h1-8H. The summed E-state index contributed by atoms with van der Waals surface area (Å²) in [6.45, 7) is 0. The first-order chi connectivity index (χ1) is 10.2. The second-order valence-corrected chi connectivity index (χ2v) is 6.03. The van der Waals surface area contributed by atoms with Crippen molar-refractivity contribution in [2.24, 2.45) is 0 Å². The van der Waals surface area contributed by atoms with Crippen molar-refractivity contribution in [2.45, 2.75) is 0 Å². The number of rotatable bonds is 2. The minimum Gasteiger partial charge on any atom is -0.453 e. The summed E-state index contributed by atoms with van der Waals surface area (Å²) in [5.74, 6) is 0.120. The fourth-order valence-corrected chi connectivity index (χ4v) is 3.20. The molecule has 4 aromatic rings. The highest BCUT2D eigenvalue weighted by Gasteiger charge is 2.16. The number of pyridine rings is 1. The van der Waals surface area contributed by atoms with E-state index in [4.69, 9.17) is 16.0 Å². The van der Waals surface area contributed by atoms with Crippen LogP contribution in [0.3, 0.4) is 0 Å². The van der Waals surface area contributed by atoms with Gasteiger partial charge in [0.15, 0.2) is 5.76 Å². The van der Waals surface area contributed by atoms with Crippen LogP contribution in [0.25, 0.3) is 21.2 Å². The molecule has 0 unspecified atom stereocenters. The van der Waals surface area contributed by atoms with Crippen LogP contribution in [0.15, 0.2) is 52.4 Å². The number of ketones is 1. The molecule has 0 saturated heterocycles. The molecule has 3 aromatic heterocycles. The number of hydrogen-bond donors (Lipinski definition) is 0. The van der Waals surface area contributed by atoms with Crippen LogP contribution in [-0.4, -0.2) is 10.8 Å². The molecular formula is C16H8ClNO2S. The lowest BCUT2D eigenvalue weighted by Crippen LogP contribution is -1.99. The zero-order valence-corrected chi connectivity index (χ0v) is 12.2. The van der Waals surface area contributed by atoms with Crippen LogP contribution in [0.4, 0.5) is 0 Å². The van der Waals surface area contributed by atoms with Gasteiger partial charge >= 0.3 is 0 Å². The Kier molecular flexibility index (Phi) is 2.80. The Labute approximate surface area is 128 Å². The van der Waals surface area contributed by atoms with Gasteiger partial charge < -0.3 is 4.42 Å². The minimum atomic E-state index is -0.176. The second kappa shape index (κ2) is 4.69. The average molecular weight is 314 g/mol. The molecule has 0 N–H and O–H groups in total. The maximum absolute atomic E-state index is 12.5. The lowest BCUT2D eigenvalue weighted by molar-refractivity contribution is 0.101. The highest BCUT2D eigenvalue weighted by molar-refractivity contribution is 7.17.